The quantitative estimate of drug-likeness (QED) is 0.695. The summed E-state index contributed by atoms with van der Waals surface area (Å²) < 4.78 is 10.8. The van der Waals surface area contributed by atoms with Gasteiger partial charge in [-0.3, -0.25) is 4.79 Å². The monoisotopic (exact) mass is 204 g/mol. The topological polar surface area (TPSA) is 35.5 Å². The van der Waals surface area contributed by atoms with Crippen LogP contribution in [0.1, 0.15) is 17.9 Å². The van der Waals surface area contributed by atoms with Crippen molar-refractivity contribution in [3.05, 3.63) is 35.9 Å². The molecule has 3 atom stereocenters. The van der Waals surface area contributed by atoms with Gasteiger partial charge in [-0.25, -0.2) is 0 Å². The number of carbonyl (C=O) groups is 1. The molecule has 2 bridgehead atoms. The van der Waals surface area contributed by atoms with E-state index in [2.05, 4.69) is 0 Å². The second-order valence-electron chi connectivity index (χ2n) is 4.03. The first kappa shape index (κ1) is 9.07. The van der Waals surface area contributed by atoms with Crippen LogP contribution in [0.15, 0.2) is 30.3 Å². The highest BCUT2D eigenvalue weighted by atomic mass is 16.7. The van der Waals surface area contributed by atoms with Gasteiger partial charge in [0.05, 0.1) is 12.7 Å². The Morgan fingerprint density at radius 3 is 2.80 bits per heavy atom. The van der Waals surface area contributed by atoms with Gasteiger partial charge in [-0.1, -0.05) is 30.3 Å². The van der Waals surface area contributed by atoms with E-state index < -0.39 is 6.29 Å². The molecule has 2 heterocycles. The van der Waals surface area contributed by atoms with E-state index >= 15 is 0 Å². The van der Waals surface area contributed by atoms with Gasteiger partial charge >= 0.3 is 0 Å². The lowest BCUT2D eigenvalue weighted by atomic mass is 9.88. The Kier molecular flexibility index (Phi) is 2.08. The second-order valence-corrected chi connectivity index (χ2v) is 4.03. The average molecular weight is 204 g/mol. The highest BCUT2D eigenvalue weighted by Crippen LogP contribution is 2.36. The molecule has 1 aromatic rings. The Labute approximate surface area is 88.0 Å². The summed E-state index contributed by atoms with van der Waals surface area (Å²) in [5.74, 6) is 0.232. The SMILES string of the molecule is O=C1C[C@H](c2ccccc2)[C@H]2CO[C@@H]1O2. The van der Waals surface area contributed by atoms with Crippen molar-refractivity contribution in [3.8, 4) is 0 Å². The van der Waals surface area contributed by atoms with Crippen molar-refractivity contribution < 1.29 is 14.3 Å². The van der Waals surface area contributed by atoms with Crippen LogP contribution >= 0.6 is 0 Å². The minimum atomic E-state index is -0.588. The molecule has 2 fully saturated rings. The molecule has 0 radical (unpaired) electrons. The molecule has 0 unspecified atom stereocenters. The van der Waals surface area contributed by atoms with E-state index in [9.17, 15) is 4.79 Å². The highest BCUT2D eigenvalue weighted by Gasteiger charge is 2.43. The smallest absolute Gasteiger partial charge is 0.218 e. The van der Waals surface area contributed by atoms with Crippen molar-refractivity contribution in [2.24, 2.45) is 0 Å². The van der Waals surface area contributed by atoms with Gasteiger partial charge in [0.1, 0.15) is 0 Å². The summed E-state index contributed by atoms with van der Waals surface area (Å²) in [5, 5.41) is 0. The largest absolute Gasteiger partial charge is 0.343 e. The van der Waals surface area contributed by atoms with Gasteiger partial charge in [0.25, 0.3) is 0 Å². The van der Waals surface area contributed by atoms with Gasteiger partial charge < -0.3 is 9.47 Å². The molecule has 2 saturated heterocycles. The van der Waals surface area contributed by atoms with Crippen LogP contribution in [-0.4, -0.2) is 24.8 Å². The summed E-state index contributed by atoms with van der Waals surface area (Å²) in [5.41, 5.74) is 1.17. The molecule has 3 heteroatoms. The molecule has 0 saturated carbocycles. The van der Waals surface area contributed by atoms with E-state index in [-0.39, 0.29) is 17.8 Å². The van der Waals surface area contributed by atoms with Crippen molar-refractivity contribution in [1.29, 1.82) is 0 Å². The number of benzene rings is 1. The van der Waals surface area contributed by atoms with E-state index in [4.69, 9.17) is 9.47 Å². The molecule has 1 aromatic carbocycles. The number of ketones is 1. The number of hydrogen-bond donors (Lipinski definition) is 0. The fourth-order valence-electron chi connectivity index (χ4n) is 2.28. The fourth-order valence-corrected chi connectivity index (χ4v) is 2.28. The molecule has 0 aromatic heterocycles. The third kappa shape index (κ3) is 1.48. The standard InChI is InChI=1S/C12H12O3/c13-10-6-9(8-4-2-1-3-5-8)11-7-14-12(10)15-11/h1-5,9,11-12H,6-7H2/t9-,11-,12-/m1/s1. The Morgan fingerprint density at radius 2 is 2.00 bits per heavy atom. The molecule has 15 heavy (non-hydrogen) atoms. The van der Waals surface area contributed by atoms with E-state index in [1.165, 1.54) is 5.56 Å². The van der Waals surface area contributed by atoms with Gasteiger partial charge in [-0.15, -0.1) is 0 Å². The lowest BCUT2D eigenvalue weighted by Crippen LogP contribution is -2.34. The first-order chi connectivity index (χ1) is 7.34. The number of hydrogen-bond acceptors (Lipinski definition) is 3. The van der Waals surface area contributed by atoms with Gasteiger partial charge in [0, 0.05) is 12.3 Å². The highest BCUT2D eigenvalue weighted by molar-refractivity contribution is 5.84. The molecule has 3 rings (SSSR count). The van der Waals surface area contributed by atoms with Crippen LogP contribution in [0, 0.1) is 0 Å². The van der Waals surface area contributed by atoms with E-state index in [0.29, 0.717) is 13.0 Å². The van der Waals surface area contributed by atoms with Crippen LogP contribution < -0.4 is 0 Å². The molecule has 0 N–H and O–H groups in total. The summed E-state index contributed by atoms with van der Waals surface area (Å²) >= 11 is 0. The van der Waals surface area contributed by atoms with E-state index in [1.54, 1.807) is 0 Å². The Hall–Kier alpha value is -1.19. The number of carbonyl (C=O) groups excluding carboxylic acids is 1. The van der Waals surface area contributed by atoms with Crippen molar-refractivity contribution in [2.75, 3.05) is 6.61 Å². The lowest BCUT2D eigenvalue weighted by Gasteiger charge is -2.26. The second kappa shape index (κ2) is 3.43. The third-order valence-electron chi connectivity index (χ3n) is 3.07. The zero-order valence-corrected chi connectivity index (χ0v) is 8.26. The molecule has 0 amide bonds. The summed E-state index contributed by atoms with van der Waals surface area (Å²) in [6.07, 6.45) is 0.00404. The predicted octanol–water partition coefficient (Wildman–Crippen LogP) is 1.48. The minimum Gasteiger partial charge on any atom is -0.343 e. The molecule has 78 valence electrons. The van der Waals surface area contributed by atoms with Crippen molar-refractivity contribution in [2.45, 2.75) is 24.7 Å². The zero-order chi connectivity index (χ0) is 10.3. The Morgan fingerprint density at radius 1 is 1.20 bits per heavy atom. The molecule has 0 aliphatic carbocycles. The normalized spacial score (nSPS) is 34.4. The van der Waals surface area contributed by atoms with Crippen molar-refractivity contribution in [1.82, 2.24) is 0 Å². The van der Waals surface area contributed by atoms with Crippen LogP contribution in [0.4, 0.5) is 0 Å². The first-order valence-corrected chi connectivity index (χ1v) is 5.19. The molecule has 2 aliphatic rings. The van der Waals surface area contributed by atoms with Crippen molar-refractivity contribution >= 4 is 5.78 Å². The first-order valence-electron chi connectivity index (χ1n) is 5.19. The Bertz CT molecular complexity index is 374. The number of Topliss-reactive ketones (excluding diaryl/α,β-unsaturated/α-hetero) is 1. The van der Waals surface area contributed by atoms with Gasteiger partial charge in [-0.05, 0) is 5.56 Å². The number of ether oxygens (including phenoxy) is 2. The van der Waals surface area contributed by atoms with Crippen LogP contribution in [0.25, 0.3) is 0 Å². The molecular formula is C12H12O3. The van der Waals surface area contributed by atoms with E-state index in [1.807, 2.05) is 30.3 Å². The maximum atomic E-state index is 11.6. The van der Waals surface area contributed by atoms with Crippen LogP contribution in [0.2, 0.25) is 0 Å². The third-order valence-corrected chi connectivity index (χ3v) is 3.07. The number of rotatable bonds is 1. The van der Waals surface area contributed by atoms with Crippen molar-refractivity contribution in [3.63, 3.8) is 0 Å². The summed E-state index contributed by atoms with van der Waals surface area (Å²) in [6.45, 7) is 0.538. The van der Waals surface area contributed by atoms with Gasteiger partial charge in [0.15, 0.2) is 5.78 Å². The maximum absolute atomic E-state index is 11.6. The van der Waals surface area contributed by atoms with Gasteiger partial charge in [0.2, 0.25) is 6.29 Å². The summed E-state index contributed by atoms with van der Waals surface area (Å²) in [4.78, 5) is 11.6. The molecular weight excluding hydrogens is 192 g/mol. The summed E-state index contributed by atoms with van der Waals surface area (Å²) in [6, 6.07) is 10.0. The van der Waals surface area contributed by atoms with Crippen LogP contribution in [-0.2, 0) is 14.3 Å². The summed E-state index contributed by atoms with van der Waals surface area (Å²) in [7, 11) is 0. The zero-order valence-electron chi connectivity index (χ0n) is 8.26. The molecule has 3 nitrogen and oxygen atoms in total. The van der Waals surface area contributed by atoms with E-state index in [0.717, 1.165) is 0 Å². The van der Waals surface area contributed by atoms with Crippen LogP contribution in [0.3, 0.4) is 0 Å². The lowest BCUT2D eigenvalue weighted by molar-refractivity contribution is -0.154. The van der Waals surface area contributed by atoms with Crippen LogP contribution in [0.5, 0.6) is 0 Å². The Balaban J connectivity index is 1.90. The molecule has 0 spiro atoms. The number of fused-ring (bicyclic) bond motifs is 2. The molecule has 2 aliphatic heterocycles. The predicted molar refractivity (Wildman–Crippen MR) is 53.4 cm³/mol. The average Bonchev–Trinajstić information content (AvgIpc) is 2.70. The van der Waals surface area contributed by atoms with Gasteiger partial charge in [-0.2, -0.15) is 0 Å². The minimum absolute atomic E-state index is 0.0510. The maximum Gasteiger partial charge on any atom is 0.218 e. The fraction of sp³-hybridized carbons (Fsp3) is 0.417.